The van der Waals surface area contributed by atoms with E-state index >= 15 is 0 Å². The number of hydrogen-bond donors (Lipinski definition) is 2. The number of rotatable bonds is 3. The fourth-order valence-corrected chi connectivity index (χ4v) is 4.04. The number of fused-ring (bicyclic) bond motifs is 1. The van der Waals surface area contributed by atoms with Crippen LogP contribution in [0.2, 0.25) is 0 Å². The van der Waals surface area contributed by atoms with E-state index in [1.54, 1.807) is 4.90 Å². The van der Waals surface area contributed by atoms with Gasteiger partial charge in [-0.25, -0.2) is 14.2 Å². The van der Waals surface area contributed by atoms with Gasteiger partial charge >= 0.3 is 6.09 Å². The number of H-pyrrole nitrogens is 1. The minimum atomic E-state index is -0.722. The van der Waals surface area contributed by atoms with Gasteiger partial charge in [-0.05, 0) is 57.2 Å². The number of halogens is 1. The summed E-state index contributed by atoms with van der Waals surface area (Å²) in [6, 6.07) is 10.4. The second-order valence-electron chi connectivity index (χ2n) is 9.16. The van der Waals surface area contributed by atoms with Gasteiger partial charge in [0, 0.05) is 18.7 Å². The summed E-state index contributed by atoms with van der Waals surface area (Å²) >= 11 is 0. The molecule has 2 heterocycles. The Morgan fingerprint density at radius 2 is 1.81 bits per heavy atom. The van der Waals surface area contributed by atoms with Gasteiger partial charge in [-0.1, -0.05) is 24.3 Å². The highest BCUT2D eigenvalue weighted by molar-refractivity contribution is 6.04. The summed E-state index contributed by atoms with van der Waals surface area (Å²) in [5.41, 5.74) is 7.72. The van der Waals surface area contributed by atoms with E-state index in [-0.39, 0.29) is 11.7 Å². The van der Waals surface area contributed by atoms with Crippen LogP contribution in [0.1, 0.15) is 55.5 Å². The monoisotopic (exact) mass is 438 g/mol. The number of ether oxygens (including phenoxy) is 1. The number of carbonyl (C=O) groups is 2. The molecular formula is C24H27FN4O3. The van der Waals surface area contributed by atoms with Gasteiger partial charge in [0.05, 0.1) is 11.1 Å². The Balaban J connectivity index is 1.47. The van der Waals surface area contributed by atoms with E-state index in [1.165, 1.54) is 11.6 Å². The first-order valence-electron chi connectivity index (χ1n) is 10.7. The quantitative estimate of drug-likeness (QED) is 0.625. The molecule has 1 saturated heterocycles. The Hall–Kier alpha value is -3.42. The Bertz CT molecular complexity index is 1160. The Kier molecular flexibility index (Phi) is 5.62. The second kappa shape index (κ2) is 8.26. The van der Waals surface area contributed by atoms with Crippen LogP contribution in [-0.4, -0.2) is 45.6 Å². The number of amides is 2. The SMILES string of the molecule is CC(C)(C)OC(=O)N1CCC(c2ccc(-c3nc4c(C(N)=O)cc(F)cc4[nH]3)cc2)CC1. The predicted octanol–water partition coefficient (Wildman–Crippen LogP) is 4.58. The molecule has 0 atom stereocenters. The normalized spacial score (nSPS) is 15.2. The molecule has 4 rings (SSSR count). The fourth-order valence-electron chi connectivity index (χ4n) is 4.04. The molecule has 0 bridgehead atoms. The van der Waals surface area contributed by atoms with Gasteiger partial charge in [0.15, 0.2) is 0 Å². The number of likely N-dealkylation sites (tertiary alicyclic amines) is 1. The highest BCUT2D eigenvalue weighted by Crippen LogP contribution is 2.31. The first-order chi connectivity index (χ1) is 15.1. The zero-order valence-corrected chi connectivity index (χ0v) is 18.4. The summed E-state index contributed by atoms with van der Waals surface area (Å²) in [5.74, 6) is -0.372. The molecule has 0 spiro atoms. The summed E-state index contributed by atoms with van der Waals surface area (Å²) in [6.45, 7) is 6.92. The summed E-state index contributed by atoms with van der Waals surface area (Å²) < 4.78 is 19.3. The maximum Gasteiger partial charge on any atom is 0.410 e. The van der Waals surface area contributed by atoms with Crippen LogP contribution in [0.5, 0.6) is 0 Å². The molecule has 1 fully saturated rings. The number of nitrogens with two attached hydrogens (primary N) is 1. The number of aromatic amines is 1. The van der Waals surface area contributed by atoms with E-state index in [4.69, 9.17) is 10.5 Å². The summed E-state index contributed by atoms with van der Waals surface area (Å²) in [6.07, 6.45) is 1.47. The van der Waals surface area contributed by atoms with Crippen molar-refractivity contribution in [2.75, 3.05) is 13.1 Å². The van der Waals surface area contributed by atoms with Gasteiger partial charge in [-0.3, -0.25) is 4.79 Å². The first-order valence-corrected chi connectivity index (χ1v) is 10.7. The molecule has 168 valence electrons. The number of carbonyl (C=O) groups excluding carboxylic acids is 2. The molecule has 0 unspecified atom stereocenters. The average molecular weight is 439 g/mol. The second-order valence-corrected chi connectivity index (χ2v) is 9.16. The van der Waals surface area contributed by atoms with Gasteiger partial charge < -0.3 is 20.4 Å². The molecular weight excluding hydrogens is 411 g/mol. The van der Waals surface area contributed by atoms with E-state index in [1.807, 2.05) is 45.0 Å². The number of imidazole rings is 1. The number of piperidine rings is 1. The molecule has 7 nitrogen and oxygen atoms in total. The van der Waals surface area contributed by atoms with Gasteiger partial charge in [0.1, 0.15) is 22.8 Å². The molecule has 32 heavy (non-hydrogen) atoms. The van der Waals surface area contributed by atoms with E-state index in [9.17, 15) is 14.0 Å². The van der Waals surface area contributed by atoms with Crippen molar-refractivity contribution in [3.05, 3.63) is 53.3 Å². The summed E-state index contributed by atoms with van der Waals surface area (Å²) in [4.78, 5) is 33.2. The van der Waals surface area contributed by atoms with E-state index in [2.05, 4.69) is 9.97 Å². The number of primary amides is 1. The Morgan fingerprint density at radius 1 is 1.16 bits per heavy atom. The van der Waals surface area contributed by atoms with Crippen LogP contribution < -0.4 is 5.73 Å². The molecule has 1 aliphatic rings. The predicted molar refractivity (Wildman–Crippen MR) is 120 cm³/mol. The number of benzene rings is 2. The fraction of sp³-hybridized carbons (Fsp3) is 0.375. The van der Waals surface area contributed by atoms with Crippen molar-refractivity contribution in [1.82, 2.24) is 14.9 Å². The third-order valence-electron chi connectivity index (χ3n) is 5.62. The van der Waals surface area contributed by atoms with E-state index in [0.717, 1.165) is 24.5 Å². The minimum Gasteiger partial charge on any atom is -0.444 e. The van der Waals surface area contributed by atoms with E-state index < -0.39 is 17.3 Å². The van der Waals surface area contributed by atoms with Crippen LogP contribution in [0.15, 0.2) is 36.4 Å². The lowest BCUT2D eigenvalue weighted by Crippen LogP contribution is -2.41. The molecule has 0 saturated carbocycles. The third kappa shape index (κ3) is 4.59. The number of aromatic nitrogens is 2. The highest BCUT2D eigenvalue weighted by atomic mass is 19.1. The van der Waals surface area contributed by atoms with E-state index in [0.29, 0.717) is 35.9 Å². The van der Waals surface area contributed by atoms with Crippen molar-refractivity contribution in [2.45, 2.75) is 45.1 Å². The van der Waals surface area contributed by atoms with Crippen molar-refractivity contribution in [2.24, 2.45) is 5.73 Å². The topological polar surface area (TPSA) is 101 Å². The van der Waals surface area contributed by atoms with Crippen LogP contribution in [0, 0.1) is 5.82 Å². The van der Waals surface area contributed by atoms with Gasteiger partial charge in [-0.2, -0.15) is 0 Å². The lowest BCUT2D eigenvalue weighted by Gasteiger charge is -2.33. The summed E-state index contributed by atoms with van der Waals surface area (Å²) in [5, 5.41) is 0. The molecule has 2 amide bonds. The van der Waals surface area contributed by atoms with Gasteiger partial charge in [0.2, 0.25) is 0 Å². The molecule has 2 aromatic carbocycles. The number of hydrogen-bond acceptors (Lipinski definition) is 4. The van der Waals surface area contributed by atoms with Crippen molar-refractivity contribution in [1.29, 1.82) is 0 Å². The smallest absolute Gasteiger partial charge is 0.410 e. The lowest BCUT2D eigenvalue weighted by atomic mass is 9.89. The molecule has 1 aromatic heterocycles. The molecule has 3 aromatic rings. The molecule has 8 heteroatoms. The third-order valence-corrected chi connectivity index (χ3v) is 5.62. The van der Waals surface area contributed by atoms with Crippen molar-refractivity contribution < 1.29 is 18.7 Å². The van der Waals surface area contributed by atoms with Crippen molar-refractivity contribution in [3.63, 3.8) is 0 Å². The Labute approximate surface area is 185 Å². The van der Waals surface area contributed by atoms with Crippen LogP contribution in [-0.2, 0) is 4.74 Å². The molecule has 3 N–H and O–H groups in total. The largest absolute Gasteiger partial charge is 0.444 e. The maximum absolute atomic E-state index is 13.8. The van der Waals surface area contributed by atoms with Crippen LogP contribution >= 0.6 is 0 Å². The number of nitrogens with one attached hydrogen (secondary N) is 1. The van der Waals surface area contributed by atoms with Crippen molar-refractivity contribution in [3.8, 4) is 11.4 Å². The highest BCUT2D eigenvalue weighted by Gasteiger charge is 2.27. The molecule has 0 radical (unpaired) electrons. The maximum atomic E-state index is 13.8. The van der Waals surface area contributed by atoms with Crippen molar-refractivity contribution >= 4 is 23.0 Å². The first kappa shape index (κ1) is 21.8. The number of nitrogens with zero attached hydrogens (tertiary/aromatic N) is 2. The zero-order chi connectivity index (χ0) is 23.0. The lowest BCUT2D eigenvalue weighted by molar-refractivity contribution is 0.0204. The zero-order valence-electron chi connectivity index (χ0n) is 18.4. The van der Waals surface area contributed by atoms with Crippen LogP contribution in [0.4, 0.5) is 9.18 Å². The minimum absolute atomic E-state index is 0.0517. The molecule has 0 aliphatic carbocycles. The summed E-state index contributed by atoms with van der Waals surface area (Å²) in [7, 11) is 0. The van der Waals surface area contributed by atoms with Gasteiger partial charge in [-0.15, -0.1) is 0 Å². The Morgan fingerprint density at radius 3 is 2.41 bits per heavy atom. The molecule has 1 aliphatic heterocycles. The van der Waals surface area contributed by atoms with Crippen LogP contribution in [0.25, 0.3) is 22.4 Å². The van der Waals surface area contributed by atoms with Crippen LogP contribution in [0.3, 0.4) is 0 Å². The average Bonchev–Trinajstić information content (AvgIpc) is 3.16. The standard InChI is InChI=1S/C24H27FN4O3/c1-24(2,3)32-23(31)29-10-8-15(9-11-29)14-4-6-16(7-5-14)22-27-19-13-17(25)12-18(21(26)30)20(19)28-22/h4-7,12-13,15H,8-11H2,1-3H3,(H2,26,30)(H,27,28). The van der Waals surface area contributed by atoms with Gasteiger partial charge in [0.25, 0.3) is 5.91 Å².